The van der Waals surface area contributed by atoms with E-state index in [-0.39, 0.29) is 81.7 Å². The zero-order valence-corrected chi connectivity index (χ0v) is 89.1. The molecule has 15 aromatic rings. The van der Waals surface area contributed by atoms with E-state index in [9.17, 15) is 81.5 Å². The molecule has 40 heteroatoms. The topological polar surface area (TPSA) is 235 Å². The number of fused-ring (bicyclic) bond motifs is 4. The number of nitrogens with one attached hydrogen (secondary N) is 1. The Bertz CT molecular complexity index is 6890. The Kier molecular flexibility index (Phi) is 41.1. The number of alkyl halides is 12. The van der Waals surface area contributed by atoms with Gasteiger partial charge in [-0.3, -0.25) is 15.0 Å². The maximum atomic E-state index is 13.5. The first kappa shape index (κ1) is 120. The summed E-state index contributed by atoms with van der Waals surface area (Å²) >= 11 is 30.3. The van der Waals surface area contributed by atoms with E-state index in [1.807, 2.05) is 156 Å². The second kappa shape index (κ2) is 48.9. The first-order valence-electron chi connectivity index (χ1n) is 43.5. The molecule has 1 fully saturated rings. The van der Waals surface area contributed by atoms with Gasteiger partial charge >= 0.3 is 50.7 Å². The smallest absolute Gasteiger partial charge is 0.399 e. The fraction of sp³-hybridized carbons (Fsp3) is 0.301. The molecule has 9 heterocycles. The van der Waals surface area contributed by atoms with Gasteiger partial charge in [0.05, 0.1) is 60.8 Å². The van der Waals surface area contributed by atoms with Crippen LogP contribution in [0.4, 0.5) is 52.7 Å². The number of rotatable bonds is 17. The number of unbranched alkanes of at least 4 members (excludes halogenated alkanes) is 1. The molecule has 16 rings (SSSR count). The Morgan fingerprint density at radius 1 is 0.462 bits per heavy atom. The number of nitrogens with two attached hydrogens (primary N) is 1. The maximum Gasteiger partial charge on any atom is 1.00 e. The van der Waals surface area contributed by atoms with Crippen molar-refractivity contribution >= 4 is 185 Å². The number of pyridine rings is 4. The molecule has 1 aliphatic rings. The number of aliphatic hydroxyl groups is 4. The van der Waals surface area contributed by atoms with Crippen molar-refractivity contribution in [1.82, 2.24) is 24.7 Å². The number of nitrogens with zero attached hydrogens (tertiary/aromatic N) is 5. The molecule has 15 nitrogen and oxygen atoms in total. The van der Waals surface area contributed by atoms with Gasteiger partial charge in [-0.2, -0.15) is 63.5 Å². The molecule has 1 aliphatic heterocycles. The summed E-state index contributed by atoms with van der Waals surface area (Å²) in [6.07, 6.45) is -10.4. The summed E-state index contributed by atoms with van der Waals surface area (Å²) in [5, 5.41) is 49.0. The van der Waals surface area contributed by atoms with Crippen molar-refractivity contribution in [1.29, 1.82) is 0 Å². The Morgan fingerprint density at radius 2 is 0.818 bits per heavy atom. The Morgan fingerprint density at radius 3 is 1.22 bits per heavy atom. The van der Waals surface area contributed by atoms with E-state index < -0.39 is 85.9 Å². The molecule has 758 valence electrons. The molecule has 7 aromatic carbocycles. The van der Waals surface area contributed by atoms with Crippen LogP contribution < -0.4 is 34.8 Å². The van der Waals surface area contributed by atoms with Gasteiger partial charge in [0, 0.05) is 102 Å². The van der Waals surface area contributed by atoms with Crippen molar-refractivity contribution in [3.63, 3.8) is 0 Å². The molecule has 7 N–H and O–H groups in total. The van der Waals surface area contributed by atoms with Crippen LogP contribution in [0.3, 0.4) is 0 Å². The van der Waals surface area contributed by atoms with Gasteiger partial charge in [0.1, 0.15) is 16.1 Å². The van der Waals surface area contributed by atoms with Gasteiger partial charge in [0.15, 0.2) is 22.4 Å². The molecule has 1 unspecified atom stereocenters. The van der Waals surface area contributed by atoms with Crippen molar-refractivity contribution < 1.29 is 110 Å². The van der Waals surface area contributed by atoms with E-state index in [1.54, 1.807) is 53.9 Å². The quantitative estimate of drug-likeness (QED) is 0.0164. The van der Waals surface area contributed by atoms with Crippen LogP contribution in [0.2, 0.25) is 20.2 Å². The van der Waals surface area contributed by atoms with Crippen molar-refractivity contribution in [3.8, 4) is 33.8 Å². The van der Waals surface area contributed by atoms with E-state index in [4.69, 9.17) is 61.4 Å². The molecule has 0 amide bonds. The molecule has 1 saturated heterocycles. The van der Waals surface area contributed by atoms with Gasteiger partial charge in [0.2, 0.25) is 0 Å². The molecule has 143 heavy (non-hydrogen) atoms. The number of hydrogen-bond acceptors (Lipinski definition) is 17. The Hall–Kier alpha value is -8.10. The fourth-order valence-corrected chi connectivity index (χ4v) is 19.8. The van der Waals surface area contributed by atoms with Crippen molar-refractivity contribution in [2.24, 2.45) is 10.1 Å². The molecule has 8 aromatic heterocycles. The van der Waals surface area contributed by atoms with E-state index >= 15 is 0 Å². The molecule has 0 saturated carbocycles. The van der Waals surface area contributed by atoms with Crippen LogP contribution in [0.1, 0.15) is 177 Å². The average molecular weight is 2180 g/mol. The number of halogens is 17. The largest absolute Gasteiger partial charge is 1.00 e. The first-order valence-corrected chi connectivity index (χ1v) is 50.7. The van der Waals surface area contributed by atoms with Crippen LogP contribution >= 0.6 is 104 Å². The summed E-state index contributed by atoms with van der Waals surface area (Å²) < 4.78 is 203. The molecular weight excluding hydrogens is 2080 g/mol. The molecule has 0 bridgehead atoms. The van der Waals surface area contributed by atoms with Crippen LogP contribution in [0.5, 0.6) is 0 Å². The minimum Gasteiger partial charge on any atom is -0.399 e. The summed E-state index contributed by atoms with van der Waals surface area (Å²) in [7, 11) is -2.91. The third-order valence-corrected chi connectivity index (χ3v) is 31.4. The van der Waals surface area contributed by atoms with Gasteiger partial charge in [-0.05, 0) is 254 Å². The number of hydrogen-bond donors (Lipinski definition) is 6. The minimum atomic E-state index is -4.84. The molecular formula is C103H104BCl5F12LiN7O8S6. The Balaban J connectivity index is 0.000000214. The standard InChI is InChI=1S/C27H26ClF3N2O2S2.C23H18ClF3N2OS.C16H12F3NOS.C14H17BO2S.C11H14ClNOS.C8H7ClF3NO.C4H9.ClH.Li/c1-25(2,3)37(35)33-23(18-9-5-6-11-20(18)28)22-14-16-8-7-10-19(24(16)36-22)21-15-17(12-13-32-21)26(4,34)27(29,30)31;1-22(30,23(25,26)27)14-9-10-29-18(12-14)16-7-4-5-13-11-19(31-21(13)16)20(28)15-6-2-3-8-17(15)24;1-15(21,16(17,18)19)11-5-7-20-13(9-11)12-4-2-3-10-6-8-22-14(10)12;1-13(2)14(3,4)17-15(16-13)11-7-5-6-10-8-9-18-12(10)11;1-11(2,3)15(14)13-8-9-6-4-5-7-10(9)12;1-7(14,8(10,11)12)5-2-3-13-6(9)4-5;1-3-4-2;;/h5-15,23,33-34H,1-4H3;2-12,20,30H,28H2,1H3;2-9,21H,1H3;5-9H,1-4H3;4-8H,1-3H3;2-4,14H,1H3;1,3-4H2,2H3;1H;/q;;;;;;-1;;+1/t23-,26+,37+;20-,22+;15-;;;7-;;;/m110..0.../s1. The van der Waals surface area contributed by atoms with Crippen molar-refractivity contribution in [3.05, 3.63) is 330 Å². The van der Waals surface area contributed by atoms with Gasteiger partial charge in [-0.15, -0.1) is 57.8 Å². The van der Waals surface area contributed by atoms with Crippen molar-refractivity contribution in [2.45, 2.75) is 197 Å². The second-order valence-corrected chi connectivity index (χ2v) is 45.6. The predicted octanol–water partition coefficient (Wildman–Crippen LogP) is 26.7. The van der Waals surface area contributed by atoms with E-state index in [0.29, 0.717) is 50.2 Å². The van der Waals surface area contributed by atoms with Gasteiger partial charge in [-0.25, -0.2) is 18.1 Å². The summed E-state index contributed by atoms with van der Waals surface area (Å²) in [6.45, 7) is 28.2. The summed E-state index contributed by atoms with van der Waals surface area (Å²) in [4.78, 5) is 18.0. The minimum absolute atomic E-state index is 0. The zero-order chi connectivity index (χ0) is 104. The molecule has 8 atom stereocenters. The third-order valence-electron chi connectivity index (χ3n) is 22.8. The van der Waals surface area contributed by atoms with Crippen LogP contribution in [0, 0.1) is 6.92 Å². The van der Waals surface area contributed by atoms with Gasteiger partial charge in [-0.1, -0.05) is 187 Å². The van der Waals surface area contributed by atoms with E-state index in [1.165, 1.54) is 99.4 Å². The van der Waals surface area contributed by atoms with Crippen LogP contribution in [-0.4, -0.2) is 108 Å². The number of aromatic nitrogens is 4. The van der Waals surface area contributed by atoms with Gasteiger partial charge in [0.25, 0.3) is 0 Å². The maximum absolute atomic E-state index is 13.5. The van der Waals surface area contributed by atoms with Crippen LogP contribution in [0.15, 0.2) is 258 Å². The monoisotopic (exact) mass is 2180 g/mol. The normalized spacial score (nSPS) is 15.7. The van der Waals surface area contributed by atoms with Crippen LogP contribution in [-0.2, 0) is 53.7 Å². The van der Waals surface area contributed by atoms with Gasteiger partial charge < -0.3 is 42.4 Å². The summed E-state index contributed by atoms with van der Waals surface area (Å²) in [5.41, 5.74) is -0.451. The van der Waals surface area contributed by atoms with E-state index in [0.717, 1.165) is 119 Å². The predicted molar refractivity (Wildman–Crippen MR) is 561 cm³/mol. The summed E-state index contributed by atoms with van der Waals surface area (Å²) in [6, 6.07) is 61.3. The van der Waals surface area contributed by atoms with Crippen LogP contribution in [0.25, 0.3) is 74.1 Å². The molecule has 0 spiro atoms. The fourth-order valence-electron chi connectivity index (χ4n) is 13.2. The van der Waals surface area contributed by atoms with E-state index in [2.05, 4.69) is 100 Å². The molecule has 0 aliphatic carbocycles. The third kappa shape index (κ3) is 29.3. The molecule has 0 radical (unpaired) electrons. The SMILES string of the molecule is CC(C)(C)S(=O)N=Cc1ccccc1Cl.CC(C)(C)[S@](=O)N[C@@H](c1cc2cccc(-c3cc([C@](C)(O)C(F)(F)F)ccn3)c2s1)c1ccccc1Cl.CC1(C)OB(c2cccc3ccsc23)OC1(C)C.C[C@](O)(c1ccnc(-c2cccc3cc([C@H](N)c4ccccc4Cl)sc23)c1)C(F)(F)F.C[C@](O)(c1ccnc(-c2cccc3ccsc23)c1)C(F)(F)F.C[C@](O)(c1ccnc(Cl)c1)C(F)(F)F.Cl.[CH2-]CCC.[Li+]. The average Bonchev–Trinajstić information content (AvgIpc) is 1.65. The summed E-state index contributed by atoms with van der Waals surface area (Å²) in [5.74, 6) is 0. The van der Waals surface area contributed by atoms with Crippen molar-refractivity contribution in [2.75, 3.05) is 0 Å². The number of benzene rings is 7. The zero-order valence-electron chi connectivity index (χ0n) is 80.3. The second-order valence-electron chi connectivity index (χ2n) is 36.0. The Labute approximate surface area is 882 Å². The first-order chi connectivity index (χ1) is 65.6. The number of thiophene rings is 4.